The van der Waals surface area contributed by atoms with E-state index in [1.807, 2.05) is 0 Å². The molecule has 0 aliphatic rings. The predicted octanol–water partition coefficient (Wildman–Crippen LogP) is -0.814. The van der Waals surface area contributed by atoms with Gasteiger partial charge in [-0.3, -0.25) is 9.69 Å². The van der Waals surface area contributed by atoms with Crippen molar-refractivity contribution < 1.29 is 15.3 Å². The van der Waals surface area contributed by atoms with Crippen LogP contribution in [0.2, 0.25) is 0 Å². The molecule has 0 radical (unpaired) electrons. The molecule has 6 nitrogen and oxygen atoms in total. The van der Waals surface area contributed by atoms with Crippen molar-refractivity contribution in [3.05, 3.63) is 27.7 Å². The number of rotatable bonds is 6. The third kappa shape index (κ3) is 3.32. The van der Waals surface area contributed by atoms with Crippen LogP contribution in [0.3, 0.4) is 0 Å². The number of pyridine rings is 1. The van der Waals surface area contributed by atoms with Crippen LogP contribution >= 0.6 is 0 Å². The van der Waals surface area contributed by atoms with E-state index < -0.39 is 5.43 Å². The SMILES string of the molecule is Cc1cc(=O)c(O)c(CN(CCO)CCO)n1C. The molecule has 0 spiro atoms. The summed E-state index contributed by atoms with van der Waals surface area (Å²) in [5.74, 6) is -0.274. The normalized spacial score (nSPS) is 11.2. The number of aryl methyl sites for hydroxylation is 1. The quantitative estimate of drug-likeness (QED) is 0.619. The first kappa shape index (κ1) is 14.7. The summed E-state index contributed by atoms with van der Waals surface area (Å²) < 4.78 is 1.73. The Morgan fingerprint density at radius 1 is 1.28 bits per heavy atom. The molecule has 0 bridgehead atoms. The predicted molar refractivity (Wildman–Crippen MR) is 67.5 cm³/mol. The molecule has 0 saturated carbocycles. The highest BCUT2D eigenvalue weighted by molar-refractivity contribution is 5.29. The Morgan fingerprint density at radius 2 is 1.83 bits per heavy atom. The van der Waals surface area contributed by atoms with Gasteiger partial charge >= 0.3 is 0 Å². The molecule has 0 fully saturated rings. The number of hydrogen-bond donors (Lipinski definition) is 3. The summed E-state index contributed by atoms with van der Waals surface area (Å²) in [6, 6.07) is 1.38. The Kier molecular flexibility index (Phi) is 5.33. The van der Waals surface area contributed by atoms with Gasteiger partial charge in [0.05, 0.1) is 18.9 Å². The zero-order valence-electron chi connectivity index (χ0n) is 10.8. The highest BCUT2D eigenvalue weighted by Crippen LogP contribution is 2.15. The summed E-state index contributed by atoms with van der Waals surface area (Å²) >= 11 is 0. The van der Waals surface area contributed by atoms with Gasteiger partial charge in [0, 0.05) is 38.4 Å². The molecule has 1 rings (SSSR count). The van der Waals surface area contributed by atoms with Crippen molar-refractivity contribution in [3.8, 4) is 5.75 Å². The van der Waals surface area contributed by atoms with Gasteiger partial charge in [-0.15, -0.1) is 0 Å². The van der Waals surface area contributed by atoms with Gasteiger partial charge in [-0.05, 0) is 6.92 Å². The van der Waals surface area contributed by atoms with E-state index in [0.29, 0.717) is 25.3 Å². The third-order valence-electron chi connectivity index (χ3n) is 2.99. The monoisotopic (exact) mass is 256 g/mol. The summed E-state index contributed by atoms with van der Waals surface area (Å²) in [7, 11) is 1.76. The Balaban J connectivity index is 3.05. The first-order valence-corrected chi connectivity index (χ1v) is 5.83. The van der Waals surface area contributed by atoms with E-state index >= 15 is 0 Å². The van der Waals surface area contributed by atoms with E-state index in [1.54, 1.807) is 23.4 Å². The van der Waals surface area contributed by atoms with E-state index in [4.69, 9.17) is 10.2 Å². The molecular weight excluding hydrogens is 236 g/mol. The van der Waals surface area contributed by atoms with E-state index in [-0.39, 0.29) is 19.0 Å². The second kappa shape index (κ2) is 6.53. The molecule has 6 heteroatoms. The first-order valence-electron chi connectivity index (χ1n) is 5.83. The van der Waals surface area contributed by atoms with E-state index in [1.165, 1.54) is 6.07 Å². The van der Waals surface area contributed by atoms with E-state index in [0.717, 1.165) is 5.69 Å². The minimum Gasteiger partial charge on any atom is -0.503 e. The fraction of sp³-hybridized carbons (Fsp3) is 0.583. The number of aromatic hydroxyl groups is 1. The number of aromatic nitrogens is 1. The highest BCUT2D eigenvalue weighted by Gasteiger charge is 2.14. The first-order chi connectivity index (χ1) is 8.51. The van der Waals surface area contributed by atoms with Crippen LogP contribution in [0.25, 0.3) is 0 Å². The Bertz CT molecular complexity index is 450. The lowest BCUT2D eigenvalue weighted by atomic mass is 10.2. The Hall–Kier alpha value is -1.37. The van der Waals surface area contributed by atoms with Crippen LogP contribution in [0, 0.1) is 6.92 Å². The van der Waals surface area contributed by atoms with Gasteiger partial charge < -0.3 is 19.9 Å². The van der Waals surface area contributed by atoms with Crippen LogP contribution in [-0.2, 0) is 13.6 Å². The molecule has 0 saturated heterocycles. The molecule has 102 valence electrons. The van der Waals surface area contributed by atoms with Crippen LogP contribution in [0.5, 0.6) is 5.75 Å². The second-order valence-corrected chi connectivity index (χ2v) is 4.23. The van der Waals surface area contributed by atoms with Crippen LogP contribution in [0.15, 0.2) is 10.9 Å². The Labute approximate surface area is 106 Å². The molecule has 0 unspecified atom stereocenters. The smallest absolute Gasteiger partial charge is 0.223 e. The molecule has 0 amide bonds. The van der Waals surface area contributed by atoms with Crippen LogP contribution in [-0.4, -0.2) is 51.1 Å². The number of aliphatic hydroxyl groups is 2. The molecule has 1 heterocycles. The summed E-state index contributed by atoms with van der Waals surface area (Å²) in [6.07, 6.45) is 0. The van der Waals surface area contributed by atoms with Crippen LogP contribution in [0.4, 0.5) is 0 Å². The lowest BCUT2D eigenvalue weighted by Gasteiger charge is -2.23. The largest absolute Gasteiger partial charge is 0.503 e. The molecule has 1 aromatic heterocycles. The van der Waals surface area contributed by atoms with Crippen molar-refractivity contribution in [2.24, 2.45) is 7.05 Å². The number of hydrogen-bond acceptors (Lipinski definition) is 5. The molecule has 0 aliphatic heterocycles. The van der Waals surface area contributed by atoms with Gasteiger partial charge in [0.15, 0.2) is 5.75 Å². The topological polar surface area (TPSA) is 85.9 Å². The maximum absolute atomic E-state index is 11.5. The second-order valence-electron chi connectivity index (χ2n) is 4.23. The Morgan fingerprint density at radius 3 is 2.33 bits per heavy atom. The third-order valence-corrected chi connectivity index (χ3v) is 2.99. The summed E-state index contributed by atoms with van der Waals surface area (Å²) in [4.78, 5) is 13.3. The molecule has 1 aromatic rings. The molecule has 0 atom stereocenters. The van der Waals surface area contributed by atoms with Gasteiger partial charge in [0.1, 0.15) is 0 Å². The molecule has 3 N–H and O–H groups in total. The zero-order chi connectivity index (χ0) is 13.7. The molecular formula is C12H20N2O4. The summed E-state index contributed by atoms with van der Waals surface area (Å²) in [5.41, 5.74) is 0.830. The van der Waals surface area contributed by atoms with Gasteiger partial charge in [0.2, 0.25) is 5.43 Å². The van der Waals surface area contributed by atoms with Gasteiger partial charge in [-0.25, -0.2) is 0 Å². The number of nitrogens with zero attached hydrogens (tertiary/aromatic N) is 2. The van der Waals surface area contributed by atoms with Gasteiger partial charge in [-0.1, -0.05) is 0 Å². The maximum Gasteiger partial charge on any atom is 0.223 e. The van der Waals surface area contributed by atoms with E-state index in [9.17, 15) is 9.90 Å². The molecule has 0 aliphatic carbocycles. The molecule has 18 heavy (non-hydrogen) atoms. The fourth-order valence-corrected chi connectivity index (χ4v) is 1.81. The van der Waals surface area contributed by atoms with Gasteiger partial charge in [-0.2, -0.15) is 0 Å². The van der Waals surface area contributed by atoms with Crippen molar-refractivity contribution in [2.45, 2.75) is 13.5 Å². The fourth-order valence-electron chi connectivity index (χ4n) is 1.81. The average Bonchev–Trinajstić information content (AvgIpc) is 2.32. The zero-order valence-corrected chi connectivity index (χ0v) is 10.8. The van der Waals surface area contributed by atoms with Crippen molar-refractivity contribution in [3.63, 3.8) is 0 Å². The molecule has 0 aromatic carbocycles. The minimum atomic E-state index is -0.409. The lowest BCUT2D eigenvalue weighted by Crippen LogP contribution is -2.31. The van der Waals surface area contributed by atoms with Crippen LogP contribution < -0.4 is 5.43 Å². The van der Waals surface area contributed by atoms with Gasteiger partial charge in [0.25, 0.3) is 0 Å². The maximum atomic E-state index is 11.5. The summed E-state index contributed by atoms with van der Waals surface area (Å²) in [5, 5.41) is 27.7. The van der Waals surface area contributed by atoms with Crippen molar-refractivity contribution >= 4 is 0 Å². The van der Waals surface area contributed by atoms with E-state index in [2.05, 4.69) is 0 Å². The highest BCUT2D eigenvalue weighted by atomic mass is 16.3. The van der Waals surface area contributed by atoms with Crippen molar-refractivity contribution in [1.29, 1.82) is 0 Å². The van der Waals surface area contributed by atoms with Crippen molar-refractivity contribution in [2.75, 3.05) is 26.3 Å². The number of aliphatic hydroxyl groups excluding tert-OH is 2. The summed E-state index contributed by atoms with van der Waals surface area (Å²) in [6.45, 7) is 2.76. The minimum absolute atomic E-state index is 0.0411. The lowest BCUT2D eigenvalue weighted by molar-refractivity contribution is 0.152. The van der Waals surface area contributed by atoms with Crippen LogP contribution in [0.1, 0.15) is 11.4 Å². The van der Waals surface area contributed by atoms with Crippen molar-refractivity contribution in [1.82, 2.24) is 9.47 Å². The average molecular weight is 256 g/mol. The standard InChI is InChI=1S/C12H20N2O4/c1-9-7-11(17)12(18)10(13(9)2)8-14(3-5-15)4-6-16/h7,15-16,18H,3-6,8H2,1-2H3.